The minimum absolute atomic E-state index is 0.0730. The third-order valence-electron chi connectivity index (χ3n) is 4.57. The second kappa shape index (κ2) is 10.7. The van der Waals surface area contributed by atoms with E-state index in [-0.39, 0.29) is 13.1 Å². The fourth-order valence-corrected chi connectivity index (χ4v) is 3.09. The predicted octanol–water partition coefficient (Wildman–Crippen LogP) is 4.11. The molecule has 0 aliphatic rings. The molecule has 1 N–H and O–H groups in total. The molecule has 2 aromatic rings. The number of benzene rings is 2. The number of ether oxygens (including phenoxy) is 3. The van der Waals surface area contributed by atoms with Crippen LogP contribution in [0.5, 0.6) is 11.5 Å². The molecule has 0 saturated heterocycles. The zero-order valence-electron chi connectivity index (χ0n) is 18.7. The van der Waals surface area contributed by atoms with Crippen molar-refractivity contribution in [3.05, 3.63) is 59.7 Å². The molecule has 0 saturated carbocycles. The number of methoxy groups -OCH3 is 2. The molecule has 2 aromatic carbocycles. The highest BCUT2D eigenvalue weighted by atomic mass is 16.6. The van der Waals surface area contributed by atoms with Crippen molar-refractivity contribution < 1.29 is 24.1 Å². The topological polar surface area (TPSA) is 92.0 Å². The van der Waals surface area contributed by atoms with E-state index in [0.717, 1.165) is 5.56 Å². The van der Waals surface area contributed by atoms with Gasteiger partial charge >= 0.3 is 6.09 Å². The lowest BCUT2D eigenvalue weighted by Gasteiger charge is -2.30. The first-order valence-corrected chi connectivity index (χ1v) is 10.00. The van der Waals surface area contributed by atoms with Crippen molar-refractivity contribution in [2.24, 2.45) is 0 Å². The van der Waals surface area contributed by atoms with E-state index in [0.29, 0.717) is 17.1 Å². The molecular weight excluding hydrogens is 396 g/mol. The summed E-state index contributed by atoms with van der Waals surface area (Å²) < 4.78 is 16.1. The molecule has 2 rings (SSSR count). The van der Waals surface area contributed by atoms with Gasteiger partial charge in [-0.05, 0) is 44.0 Å². The highest BCUT2D eigenvalue weighted by Gasteiger charge is 2.29. The Labute approximate surface area is 183 Å². The van der Waals surface area contributed by atoms with Gasteiger partial charge in [0.05, 0.1) is 38.9 Å². The van der Waals surface area contributed by atoms with Crippen LogP contribution in [0.15, 0.2) is 48.5 Å². The summed E-state index contributed by atoms with van der Waals surface area (Å²) in [5, 5.41) is 20.7. The number of carbonyl (C=O) groups excluding carboxylic acids is 1. The fourth-order valence-electron chi connectivity index (χ4n) is 3.09. The largest absolute Gasteiger partial charge is 0.493 e. The van der Waals surface area contributed by atoms with Gasteiger partial charge in [-0.3, -0.25) is 0 Å². The molecule has 0 radical (unpaired) electrons. The highest BCUT2D eigenvalue weighted by Crippen LogP contribution is 2.32. The summed E-state index contributed by atoms with van der Waals surface area (Å²) in [5.74, 6) is 0.109. The van der Waals surface area contributed by atoms with Crippen molar-refractivity contribution in [3.8, 4) is 17.6 Å². The van der Waals surface area contributed by atoms with Crippen LogP contribution in [0.25, 0.3) is 0 Å². The maximum absolute atomic E-state index is 12.8. The molecule has 166 valence electrons. The predicted molar refractivity (Wildman–Crippen MR) is 117 cm³/mol. The van der Waals surface area contributed by atoms with Crippen molar-refractivity contribution in [1.29, 1.82) is 5.26 Å². The monoisotopic (exact) mass is 426 g/mol. The van der Waals surface area contributed by atoms with E-state index in [4.69, 9.17) is 14.2 Å². The van der Waals surface area contributed by atoms with Crippen LogP contribution >= 0.6 is 0 Å². The lowest BCUT2D eigenvalue weighted by atomic mass is 9.94. The van der Waals surface area contributed by atoms with Crippen molar-refractivity contribution in [2.75, 3.05) is 20.8 Å². The van der Waals surface area contributed by atoms with Gasteiger partial charge in [-0.25, -0.2) is 4.79 Å². The summed E-state index contributed by atoms with van der Waals surface area (Å²) >= 11 is 0. The molecule has 0 heterocycles. The number of nitrogens with zero attached hydrogens (tertiary/aromatic N) is 2. The summed E-state index contributed by atoms with van der Waals surface area (Å²) in [6.45, 7) is 5.52. The fraction of sp³-hybridized carbons (Fsp3) is 0.417. The van der Waals surface area contributed by atoms with Crippen LogP contribution in [-0.4, -0.2) is 48.6 Å². The van der Waals surface area contributed by atoms with Crippen LogP contribution in [0.1, 0.15) is 37.8 Å². The molecule has 0 aromatic heterocycles. The second-order valence-electron chi connectivity index (χ2n) is 8.14. The molecule has 2 unspecified atom stereocenters. The molecule has 0 aliphatic carbocycles. The molecule has 0 fully saturated rings. The lowest BCUT2D eigenvalue weighted by Crippen LogP contribution is -2.42. The van der Waals surface area contributed by atoms with E-state index >= 15 is 0 Å². The van der Waals surface area contributed by atoms with Crippen molar-refractivity contribution in [2.45, 2.75) is 44.9 Å². The molecule has 0 spiro atoms. The summed E-state index contributed by atoms with van der Waals surface area (Å²) in [7, 11) is 3.03. The Balaban J connectivity index is 2.26. The summed E-state index contributed by atoms with van der Waals surface area (Å²) in [4.78, 5) is 14.2. The maximum atomic E-state index is 12.8. The number of aliphatic hydroxyl groups excluding tert-OH is 1. The van der Waals surface area contributed by atoms with Crippen LogP contribution in [0.3, 0.4) is 0 Å². The van der Waals surface area contributed by atoms with Gasteiger partial charge in [0.25, 0.3) is 0 Å². The van der Waals surface area contributed by atoms with Gasteiger partial charge in [-0.2, -0.15) is 5.26 Å². The number of nitriles is 1. The molecular formula is C24H30N2O5. The van der Waals surface area contributed by atoms with Crippen molar-refractivity contribution in [1.82, 2.24) is 4.90 Å². The van der Waals surface area contributed by atoms with Gasteiger partial charge in [0.1, 0.15) is 5.60 Å². The average molecular weight is 427 g/mol. The molecule has 7 nitrogen and oxygen atoms in total. The van der Waals surface area contributed by atoms with E-state index in [1.54, 1.807) is 39.0 Å². The maximum Gasteiger partial charge on any atom is 0.410 e. The first-order chi connectivity index (χ1) is 14.7. The Morgan fingerprint density at radius 2 is 1.74 bits per heavy atom. The van der Waals surface area contributed by atoms with E-state index in [1.807, 2.05) is 30.3 Å². The second-order valence-corrected chi connectivity index (χ2v) is 8.14. The zero-order chi connectivity index (χ0) is 23.0. The Kier molecular flexibility index (Phi) is 8.29. The van der Waals surface area contributed by atoms with Gasteiger partial charge in [0.2, 0.25) is 0 Å². The van der Waals surface area contributed by atoms with Gasteiger partial charge in [0, 0.05) is 6.54 Å². The summed E-state index contributed by atoms with van der Waals surface area (Å²) in [5.41, 5.74) is 0.770. The number of carbonyl (C=O) groups is 1. The van der Waals surface area contributed by atoms with Gasteiger partial charge in [0.15, 0.2) is 11.5 Å². The quantitative estimate of drug-likeness (QED) is 0.683. The Morgan fingerprint density at radius 1 is 1.10 bits per heavy atom. The van der Waals surface area contributed by atoms with E-state index in [2.05, 4.69) is 6.07 Å². The molecule has 2 atom stereocenters. The smallest absolute Gasteiger partial charge is 0.410 e. The average Bonchev–Trinajstić information content (AvgIpc) is 2.73. The number of amides is 1. The first kappa shape index (κ1) is 24.0. The molecule has 1 amide bonds. The zero-order valence-corrected chi connectivity index (χ0v) is 18.7. The standard InChI is InChI=1S/C24H30N2O5/c1-24(2,3)31-23(28)26(15-17-9-7-6-8-10-17)16-20(27)19(14-25)18-11-12-21(29-4)22(13-18)30-5/h6-13,19-20,27H,15-16H2,1-5H3. The number of rotatable bonds is 8. The van der Waals surface area contributed by atoms with Gasteiger partial charge < -0.3 is 24.2 Å². The van der Waals surface area contributed by atoms with Crippen LogP contribution in [0.4, 0.5) is 4.79 Å². The van der Waals surface area contributed by atoms with Crippen LogP contribution in [0, 0.1) is 11.3 Å². The van der Waals surface area contributed by atoms with Crippen LogP contribution < -0.4 is 9.47 Å². The van der Waals surface area contributed by atoms with E-state index < -0.39 is 23.7 Å². The normalized spacial score (nSPS) is 12.9. The number of hydrogen-bond acceptors (Lipinski definition) is 6. The molecule has 31 heavy (non-hydrogen) atoms. The Hall–Kier alpha value is -3.24. The van der Waals surface area contributed by atoms with E-state index in [9.17, 15) is 15.2 Å². The Morgan fingerprint density at radius 3 is 2.29 bits per heavy atom. The van der Waals surface area contributed by atoms with Crippen LogP contribution in [-0.2, 0) is 11.3 Å². The molecule has 0 aliphatic heterocycles. The van der Waals surface area contributed by atoms with Crippen molar-refractivity contribution >= 4 is 6.09 Å². The molecule has 0 bridgehead atoms. The molecule has 7 heteroatoms. The third-order valence-corrected chi connectivity index (χ3v) is 4.57. The van der Waals surface area contributed by atoms with Gasteiger partial charge in [-0.1, -0.05) is 36.4 Å². The summed E-state index contributed by atoms with van der Waals surface area (Å²) in [6.07, 6.45) is -1.70. The minimum atomic E-state index is -1.14. The summed E-state index contributed by atoms with van der Waals surface area (Å²) in [6, 6.07) is 16.6. The third kappa shape index (κ3) is 6.90. The first-order valence-electron chi connectivity index (χ1n) is 10.00. The number of aliphatic hydroxyl groups is 1. The van der Waals surface area contributed by atoms with E-state index in [1.165, 1.54) is 19.1 Å². The van der Waals surface area contributed by atoms with Crippen LogP contribution in [0.2, 0.25) is 0 Å². The Bertz CT molecular complexity index is 902. The lowest BCUT2D eigenvalue weighted by molar-refractivity contribution is 0.0114. The van der Waals surface area contributed by atoms with Crippen molar-refractivity contribution in [3.63, 3.8) is 0 Å². The number of hydrogen-bond donors (Lipinski definition) is 1. The van der Waals surface area contributed by atoms with Gasteiger partial charge in [-0.15, -0.1) is 0 Å². The SMILES string of the molecule is COc1ccc(C(C#N)C(O)CN(Cc2ccccc2)C(=O)OC(C)(C)C)cc1OC. The highest BCUT2D eigenvalue weighted by molar-refractivity contribution is 5.68. The minimum Gasteiger partial charge on any atom is -0.493 e.